The van der Waals surface area contributed by atoms with Gasteiger partial charge in [0.2, 0.25) is 0 Å². The zero-order valence-electron chi connectivity index (χ0n) is 22.2. The Balaban J connectivity index is 1.25. The lowest BCUT2D eigenvalue weighted by molar-refractivity contribution is -0.0368. The molecule has 1 amide bonds. The molecule has 3 fully saturated rings. The van der Waals surface area contributed by atoms with Gasteiger partial charge in [0, 0.05) is 49.1 Å². The Morgan fingerprint density at radius 1 is 1.12 bits per heavy atom. The Morgan fingerprint density at radius 3 is 2.80 bits per heavy atom. The van der Waals surface area contributed by atoms with Crippen LogP contribution < -0.4 is 10.2 Å². The minimum Gasteiger partial charge on any atom is -0.465 e. The summed E-state index contributed by atoms with van der Waals surface area (Å²) in [7, 11) is 0. The topological polar surface area (TPSA) is 118 Å². The fourth-order valence-corrected chi connectivity index (χ4v) is 7.21. The molecule has 2 N–H and O–H groups in total. The normalized spacial score (nSPS) is 25.6. The van der Waals surface area contributed by atoms with Gasteiger partial charge in [-0.2, -0.15) is 5.10 Å². The molecule has 10 nitrogen and oxygen atoms in total. The lowest BCUT2D eigenvalue weighted by Crippen LogP contribution is -2.35. The molecule has 3 aliphatic rings. The van der Waals surface area contributed by atoms with E-state index in [0.29, 0.717) is 51.5 Å². The highest BCUT2D eigenvalue weighted by Gasteiger charge is 2.67. The van der Waals surface area contributed by atoms with Crippen molar-refractivity contribution in [2.45, 2.75) is 37.3 Å². The number of benzene rings is 1. The van der Waals surface area contributed by atoms with Crippen molar-refractivity contribution in [1.29, 1.82) is 0 Å². The number of nitrogens with zero attached hydrogens (tertiary/aromatic N) is 6. The first-order valence-corrected chi connectivity index (χ1v) is 14.7. The number of ether oxygens (including phenoxy) is 1. The van der Waals surface area contributed by atoms with Crippen molar-refractivity contribution < 1.29 is 14.6 Å². The predicted molar refractivity (Wildman–Crippen MR) is 155 cm³/mol. The summed E-state index contributed by atoms with van der Waals surface area (Å²) in [6.07, 6.45) is 6.10. The van der Waals surface area contributed by atoms with Gasteiger partial charge in [-0.15, -0.1) is 0 Å². The van der Waals surface area contributed by atoms with E-state index < -0.39 is 6.09 Å². The molecule has 2 aliphatic heterocycles. The van der Waals surface area contributed by atoms with Gasteiger partial charge in [-0.05, 0) is 55.7 Å². The van der Waals surface area contributed by atoms with Gasteiger partial charge in [0.05, 0.1) is 16.2 Å². The van der Waals surface area contributed by atoms with E-state index in [9.17, 15) is 9.90 Å². The van der Waals surface area contributed by atoms with E-state index in [1.54, 1.807) is 18.5 Å². The lowest BCUT2D eigenvalue weighted by Gasteiger charge is -2.27. The number of carbonyl (C=O) groups is 1. The number of piperidine rings is 1. The van der Waals surface area contributed by atoms with Gasteiger partial charge in [0.25, 0.3) is 0 Å². The first-order chi connectivity index (χ1) is 20.0. The molecule has 7 rings (SSSR count). The number of hydrogen-bond acceptors (Lipinski definition) is 7. The second kappa shape index (κ2) is 10.4. The third kappa shape index (κ3) is 4.49. The van der Waals surface area contributed by atoms with Gasteiger partial charge in [-0.3, -0.25) is 4.98 Å². The maximum atomic E-state index is 11.4. The Labute approximate surface area is 246 Å². The van der Waals surface area contributed by atoms with Gasteiger partial charge in [0.1, 0.15) is 17.0 Å². The maximum Gasteiger partial charge on any atom is 0.404 e. The second-order valence-corrected chi connectivity index (χ2v) is 11.8. The van der Waals surface area contributed by atoms with Crippen molar-refractivity contribution in [2.75, 3.05) is 31.1 Å². The van der Waals surface area contributed by atoms with Crippen LogP contribution in [0.2, 0.25) is 10.0 Å². The average Bonchev–Trinajstić information content (AvgIpc) is 3.50. The van der Waals surface area contributed by atoms with Gasteiger partial charge in [0.15, 0.2) is 11.9 Å². The molecule has 2 saturated heterocycles. The molecular weight excluding hydrogens is 565 g/mol. The van der Waals surface area contributed by atoms with E-state index in [4.69, 9.17) is 43.0 Å². The highest BCUT2D eigenvalue weighted by molar-refractivity contribution is 6.43. The van der Waals surface area contributed by atoms with Crippen molar-refractivity contribution in [2.24, 2.45) is 11.8 Å². The van der Waals surface area contributed by atoms with Crippen molar-refractivity contribution in [3.8, 4) is 11.3 Å². The molecule has 3 aromatic heterocycles. The third-order valence-corrected chi connectivity index (χ3v) is 9.67. The predicted octanol–water partition coefficient (Wildman–Crippen LogP) is 5.56. The number of pyridine rings is 1. The number of nitrogens with one attached hydrogen (secondary N) is 1. The Bertz CT molecular complexity index is 1610. The molecule has 4 aromatic rings. The minimum absolute atomic E-state index is 0.239. The van der Waals surface area contributed by atoms with E-state index in [-0.39, 0.29) is 17.6 Å². The van der Waals surface area contributed by atoms with Crippen LogP contribution in [0.25, 0.3) is 22.4 Å². The fraction of sp³-hybridized carbons (Fsp3) is 0.414. The zero-order valence-corrected chi connectivity index (χ0v) is 23.7. The van der Waals surface area contributed by atoms with Gasteiger partial charge < -0.3 is 20.1 Å². The average molecular weight is 595 g/mol. The monoisotopic (exact) mass is 593 g/mol. The molecular formula is C29H29Cl2N7O3. The van der Waals surface area contributed by atoms with Crippen LogP contribution in [-0.4, -0.2) is 62.2 Å². The van der Waals surface area contributed by atoms with Crippen LogP contribution in [0.5, 0.6) is 0 Å². The van der Waals surface area contributed by atoms with Crippen LogP contribution in [0.15, 0.2) is 48.8 Å². The first-order valence-electron chi connectivity index (χ1n) is 13.9. The highest BCUT2D eigenvalue weighted by atomic mass is 35.5. The van der Waals surface area contributed by atoms with Gasteiger partial charge in [-0.1, -0.05) is 41.4 Å². The molecule has 0 spiro atoms. The maximum absolute atomic E-state index is 11.4. The number of carboxylic acid groups (broad SMARTS) is 1. The van der Waals surface area contributed by atoms with Crippen LogP contribution in [-0.2, 0) is 10.2 Å². The Hall–Kier alpha value is -3.47. The summed E-state index contributed by atoms with van der Waals surface area (Å²) in [5, 5.41) is 17.8. The van der Waals surface area contributed by atoms with Crippen molar-refractivity contribution in [3.63, 3.8) is 0 Å². The van der Waals surface area contributed by atoms with E-state index >= 15 is 0 Å². The quantitative estimate of drug-likeness (QED) is 0.298. The summed E-state index contributed by atoms with van der Waals surface area (Å²) in [6.45, 7) is 2.51. The molecule has 212 valence electrons. The van der Waals surface area contributed by atoms with Crippen molar-refractivity contribution in [1.82, 2.24) is 30.0 Å². The summed E-state index contributed by atoms with van der Waals surface area (Å²) in [5.74, 6) is 1.34. The minimum atomic E-state index is -1.02. The molecule has 41 heavy (non-hydrogen) atoms. The number of aromatic nitrogens is 5. The molecule has 1 aromatic carbocycles. The van der Waals surface area contributed by atoms with E-state index in [1.165, 1.54) is 0 Å². The molecule has 1 aliphatic carbocycles. The molecule has 12 heteroatoms. The molecule has 1 saturated carbocycles. The SMILES string of the molecule is O=C(O)NCC1(c2ccccn2)C2CCN(c3cnc4c(-c5cccc(Cl)c5Cl)nn(C5CCCCO5)c4n3)CC21. The number of anilines is 1. The van der Waals surface area contributed by atoms with Crippen LogP contribution in [0.3, 0.4) is 0 Å². The Kier molecular flexibility index (Phi) is 6.72. The molecule has 5 heterocycles. The molecule has 4 unspecified atom stereocenters. The third-order valence-electron chi connectivity index (χ3n) is 8.85. The summed E-state index contributed by atoms with van der Waals surface area (Å²) in [5.41, 5.74) is 3.20. The summed E-state index contributed by atoms with van der Waals surface area (Å²) in [4.78, 5) is 28.3. The number of rotatable bonds is 6. The number of amides is 1. The van der Waals surface area contributed by atoms with Gasteiger partial charge in [-0.25, -0.2) is 19.4 Å². The number of halogens is 2. The summed E-state index contributed by atoms with van der Waals surface area (Å²) < 4.78 is 7.95. The molecule has 0 bridgehead atoms. The van der Waals surface area contributed by atoms with Crippen molar-refractivity contribution >= 4 is 46.3 Å². The van der Waals surface area contributed by atoms with Crippen LogP contribution in [0, 0.1) is 11.8 Å². The van der Waals surface area contributed by atoms with E-state index in [2.05, 4.69) is 15.2 Å². The smallest absolute Gasteiger partial charge is 0.404 e. The van der Waals surface area contributed by atoms with E-state index in [0.717, 1.165) is 50.3 Å². The van der Waals surface area contributed by atoms with Crippen LogP contribution in [0.4, 0.5) is 10.6 Å². The second-order valence-electron chi connectivity index (χ2n) is 11.0. The lowest BCUT2D eigenvalue weighted by atomic mass is 9.96. The van der Waals surface area contributed by atoms with Crippen molar-refractivity contribution in [3.05, 3.63) is 64.5 Å². The zero-order chi connectivity index (χ0) is 28.1. The molecule has 0 radical (unpaired) electrons. The van der Waals surface area contributed by atoms with Crippen LogP contribution in [0.1, 0.15) is 37.6 Å². The van der Waals surface area contributed by atoms with Gasteiger partial charge >= 0.3 is 6.09 Å². The first kappa shape index (κ1) is 26.4. The Morgan fingerprint density at radius 2 is 2.02 bits per heavy atom. The summed E-state index contributed by atoms with van der Waals surface area (Å²) >= 11 is 12.9. The number of hydrogen-bond donors (Lipinski definition) is 2. The number of fused-ring (bicyclic) bond motifs is 2. The molecule has 4 atom stereocenters. The largest absolute Gasteiger partial charge is 0.465 e. The van der Waals surface area contributed by atoms with E-state index in [1.807, 2.05) is 35.0 Å². The standard InChI is InChI=1S/C29H29Cl2N7O3/c30-20-7-5-6-17(24(20)31)25-26-27(38(36-25)23-9-2-4-13-41-23)35-22(14-33-26)37-12-10-18-19(15-37)29(18,16-34-28(39)40)21-8-1-3-11-32-21/h1,3,5-8,11,14,18-19,23,34H,2,4,9-10,12-13,15-16H2,(H,39,40). The van der Waals surface area contributed by atoms with Crippen LogP contribution >= 0.6 is 23.2 Å². The fourth-order valence-electron chi connectivity index (χ4n) is 6.82. The summed E-state index contributed by atoms with van der Waals surface area (Å²) in [6, 6.07) is 11.3. The highest BCUT2D eigenvalue weighted by Crippen LogP contribution is 2.63.